The van der Waals surface area contributed by atoms with Gasteiger partial charge in [-0.1, -0.05) is 23.4 Å². The van der Waals surface area contributed by atoms with E-state index in [9.17, 15) is 0 Å². The molecule has 0 saturated heterocycles. The van der Waals surface area contributed by atoms with Gasteiger partial charge >= 0.3 is 0 Å². The summed E-state index contributed by atoms with van der Waals surface area (Å²) in [6.07, 6.45) is 1.65. The number of hydrogen-bond donors (Lipinski definition) is 0. The quantitative estimate of drug-likeness (QED) is 0.711. The van der Waals surface area contributed by atoms with Crippen molar-refractivity contribution in [3.63, 3.8) is 0 Å². The van der Waals surface area contributed by atoms with Crippen molar-refractivity contribution in [3.05, 3.63) is 47.1 Å². The molecular formula is C14H10BrNO2. The van der Waals surface area contributed by atoms with Crippen LogP contribution >= 0.6 is 15.9 Å². The molecule has 0 saturated carbocycles. The minimum atomic E-state index is 0.797. The second-order valence-corrected chi connectivity index (χ2v) is 4.76. The zero-order chi connectivity index (χ0) is 12.5. The second-order valence-electron chi connectivity index (χ2n) is 3.91. The molecule has 0 aromatic heterocycles. The SMILES string of the molecule is COc1ccc(-c2nocc3cccc2-3)cc1Br. The number of aromatic nitrogens is 1. The molecule has 0 radical (unpaired) electrons. The Hall–Kier alpha value is -1.81. The number of hydrogen-bond acceptors (Lipinski definition) is 3. The number of ether oxygens (including phenoxy) is 1. The van der Waals surface area contributed by atoms with Gasteiger partial charge in [-0.2, -0.15) is 0 Å². The molecule has 1 aromatic carbocycles. The predicted octanol–water partition coefficient (Wildman–Crippen LogP) is 4.22. The fraction of sp³-hybridized carbons (Fsp3) is 0.0714. The molecule has 18 heavy (non-hydrogen) atoms. The maximum absolute atomic E-state index is 5.22. The third kappa shape index (κ3) is 1.78. The highest BCUT2D eigenvalue weighted by atomic mass is 79.9. The Kier molecular flexibility index (Phi) is 2.80. The lowest BCUT2D eigenvalue weighted by molar-refractivity contribution is 0.404. The molecule has 1 heterocycles. The molecular weight excluding hydrogens is 294 g/mol. The van der Waals surface area contributed by atoms with Crippen LogP contribution in [0.25, 0.3) is 22.4 Å². The van der Waals surface area contributed by atoms with E-state index in [2.05, 4.69) is 21.1 Å². The number of benzene rings is 1. The van der Waals surface area contributed by atoms with Crippen molar-refractivity contribution in [1.29, 1.82) is 0 Å². The first-order chi connectivity index (χ1) is 8.79. The molecule has 0 N–H and O–H groups in total. The van der Waals surface area contributed by atoms with E-state index in [1.807, 2.05) is 36.4 Å². The van der Waals surface area contributed by atoms with Crippen molar-refractivity contribution in [1.82, 2.24) is 5.16 Å². The van der Waals surface area contributed by atoms with Gasteiger partial charge in [0.15, 0.2) is 0 Å². The molecule has 0 atom stereocenters. The fourth-order valence-corrected chi connectivity index (χ4v) is 2.50. The Morgan fingerprint density at radius 2 is 2.06 bits per heavy atom. The molecule has 1 aliphatic carbocycles. The van der Waals surface area contributed by atoms with Crippen molar-refractivity contribution in [3.8, 4) is 28.1 Å². The minimum absolute atomic E-state index is 0.797. The maximum atomic E-state index is 5.22. The van der Waals surface area contributed by atoms with Crippen LogP contribution in [0.4, 0.5) is 0 Å². The lowest BCUT2D eigenvalue weighted by Crippen LogP contribution is -1.89. The van der Waals surface area contributed by atoms with Gasteiger partial charge in [0.25, 0.3) is 0 Å². The van der Waals surface area contributed by atoms with Gasteiger partial charge in [0, 0.05) is 16.7 Å². The van der Waals surface area contributed by atoms with Crippen LogP contribution in [0.15, 0.2) is 51.7 Å². The molecule has 3 rings (SSSR count). The minimum Gasteiger partial charge on any atom is -0.496 e. The van der Waals surface area contributed by atoms with Crippen LogP contribution in [0, 0.1) is 0 Å². The van der Waals surface area contributed by atoms with Gasteiger partial charge in [0.2, 0.25) is 0 Å². The van der Waals surface area contributed by atoms with Crippen molar-refractivity contribution in [2.24, 2.45) is 0 Å². The average molecular weight is 304 g/mol. The average Bonchev–Trinajstić information content (AvgIpc) is 2.86. The number of halogens is 1. The molecule has 1 aliphatic heterocycles. The summed E-state index contributed by atoms with van der Waals surface area (Å²) in [5.74, 6) is 0.797. The van der Waals surface area contributed by atoms with Gasteiger partial charge in [-0.25, -0.2) is 0 Å². The van der Waals surface area contributed by atoms with Crippen LogP contribution in [0.3, 0.4) is 0 Å². The molecule has 0 bridgehead atoms. The van der Waals surface area contributed by atoms with E-state index in [0.717, 1.165) is 32.6 Å². The molecule has 3 nitrogen and oxygen atoms in total. The van der Waals surface area contributed by atoms with Crippen LogP contribution in [-0.2, 0) is 0 Å². The number of methoxy groups -OCH3 is 1. The highest BCUT2D eigenvalue weighted by molar-refractivity contribution is 9.10. The number of nitrogens with zero attached hydrogens (tertiary/aromatic N) is 1. The first kappa shape index (κ1) is 11.3. The van der Waals surface area contributed by atoms with E-state index in [4.69, 9.17) is 9.26 Å². The van der Waals surface area contributed by atoms with Crippen molar-refractivity contribution in [2.45, 2.75) is 0 Å². The highest BCUT2D eigenvalue weighted by Crippen LogP contribution is 2.35. The Morgan fingerprint density at radius 3 is 2.83 bits per heavy atom. The lowest BCUT2D eigenvalue weighted by Gasteiger charge is -2.08. The molecule has 0 fully saturated rings. The Balaban J connectivity index is 2.15. The monoisotopic (exact) mass is 303 g/mol. The summed E-state index contributed by atoms with van der Waals surface area (Å²) in [5, 5.41) is 4.11. The third-order valence-electron chi connectivity index (χ3n) is 2.85. The molecule has 0 spiro atoms. The summed E-state index contributed by atoms with van der Waals surface area (Å²) in [7, 11) is 1.64. The zero-order valence-corrected chi connectivity index (χ0v) is 11.3. The van der Waals surface area contributed by atoms with Gasteiger partial charge in [-0.05, 0) is 34.1 Å². The molecule has 2 aliphatic rings. The van der Waals surface area contributed by atoms with Gasteiger partial charge in [-0.3, -0.25) is 0 Å². The summed E-state index contributed by atoms with van der Waals surface area (Å²) in [4.78, 5) is 0. The van der Waals surface area contributed by atoms with Crippen LogP contribution in [0.2, 0.25) is 0 Å². The van der Waals surface area contributed by atoms with Crippen LogP contribution in [0.1, 0.15) is 0 Å². The van der Waals surface area contributed by atoms with Gasteiger partial charge < -0.3 is 9.26 Å². The first-order valence-electron chi connectivity index (χ1n) is 5.46. The number of fused-ring (bicyclic) bond motifs is 1. The van der Waals surface area contributed by atoms with Crippen LogP contribution in [-0.4, -0.2) is 12.3 Å². The van der Waals surface area contributed by atoms with Crippen LogP contribution in [0.5, 0.6) is 5.75 Å². The summed E-state index contributed by atoms with van der Waals surface area (Å²) in [5.41, 5.74) is 3.95. The van der Waals surface area contributed by atoms with E-state index < -0.39 is 0 Å². The molecule has 0 amide bonds. The van der Waals surface area contributed by atoms with Crippen LogP contribution < -0.4 is 4.74 Å². The normalized spacial score (nSPS) is 10.8. The van der Waals surface area contributed by atoms with E-state index in [-0.39, 0.29) is 0 Å². The van der Waals surface area contributed by atoms with Crippen molar-refractivity contribution < 1.29 is 9.26 Å². The van der Waals surface area contributed by atoms with Crippen molar-refractivity contribution >= 4 is 15.9 Å². The van der Waals surface area contributed by atoms with Crippen molar-refractivity contribution in [2.75, 3.05) is 7.11 Å². The smallest absolute Gasteiger partial charge is 0.133 e. The largest absolute Gasteiger partial charge is 0.496 e. The lowest BCUT2D eigenvalue weighted by atomic mass is 10.0. The highest BCUT2D eigenvalue weighted by Gasteiger charge is 2.13. The van der Waals surface area contributed by atoms with E-state index in [1.165, 1.54) is 0 Å². The Bertz CT molecular complexity index is 663. The Morgan fingerprint density at radius 1 is 1.17 bits per heavy atom. The first-order valence-corrected chi connectivity index (χ1v) is 6.26. The molecule has 90 valence electrons. The maximum Gasteiger partial charge on any atom is 0.133 e. The fourth-order valence-electron chi connectivity index (χ4n) is 1.96. The topological polar surface area (TPSA) is 35.3 Å². The van der Waals surface area contributed by atoms with Gasteiger partial charge in [0.1, 0.15) is 17.7 Å². The zero-order valence-electron chi connectivity index (χ0n) is 9.68. The number of rotatable bonds is 2. The Labute approximate surface area is 113 Å². The molecule has 1 aromatic rings. The van der Waals surface area contributed by atoms with E-state index in [0.29, 0.717) is 0 Å². The van der Waals surface area contributed by atoms with E-state index in [1.54, 1.807) is 13.4 Å². The standard InChI is InChI=1S/C14H10BrNO2/c1-17-13-6-5-9(7-12(13)15)14-11-4-2-3-10(11)8-18-16-14/h2-8H,1H3. The summed E-state index contributed by atoms with van der Waals surface area (Å²) >= 11 is 3.48. The summed E-state index contributed by atoms with van der Waals surface area (Å²) in [6.45, 7) is 0. The van der Waals surface area contributed by atoms with E-state index >= 15 is 0 Å². The van der Waals surface area contributed by atoms with Gasteiger partial charge in [-0.15, -0.1) is 0 Å². The summed E-state index contributed by atoms with van der Waals surface area (Å²) < 4.78 is 11.2. The molecule has 4 heteroatoms. The predicted molar refractivity (Wildman–Crippen MR) is 72.8 cm³/mol. The summed E-state index contributed by atoms with van der Waals surface area (Å²) in [6, 6.07) is 11.9. The molecule has 0 unspecified atom stereocenters. The second kappa shape index (κ2) is 4.46. The third-order valence-corrected chi connectivity index (χ3v) is 3.47. The van der Waals surface area contributed by atoms with Gasteiger partial charge in [0.05, 0.1) is 11.6 Å².